The van der Waals surface area contributed by atoms with Crippen LogP contribution in [0.25, 0.3) is 0 Å². The van der Waals surface area contributed by atoms with Gasteiger partial charge in [-0.05, 0) is 106 Å². The summed E-state index contributed by atoms with van der Waals surface area (Å²) < 4.78 is 53.0. The number of nitrogens with zero attached hydrogens (tertiary/aromatic N) is 1. The molecule has 0 saturated heterocycles. The fourth-order valence-electron chi connectivity index (χ4n) is 7.30. The minimum atomic E-state index is -4.23. The van der Waals surface area contributed by atoms with Crippen molar-refractivity contribution in [3.05, 3.63) is 64.7 Å². The van der Waals surface area contributed by atoms with Crippen molar-refractivity contribution < 1.29 is 37.0 Å². The van der Waals surface area contributed by atoms with Crippen molar-refractivity contribution in [2.24, 2.45) is 11.8 Å². The topological polar surface area (TPSA) is 120 Å². The van der Waals surface area contributed by atoms with Gasteiger partial charge in [0.1, 0.15) is 18.0 Å². The van der Waals surface area contributed by atoms with Crippen LogP contribution in [0.4, 0.5) is 5.69 Å². The van der Waals surface area contributed by atoms with Crippen molar-refractivity contribution in [2.75, 3.05) is 44.4 Å². The lowest BCUT2D eigenvalue weighted by atomic mass is 9.68. The molecular formula is C35H43ClN2O8S. The molecule has 47 heavy (non-hydrogen) atoms. The molecule has 4 atom stereocenters. The highest BCUT2D eigenvalue weighted by atomic mass is 35.5. The number of rotatable bonds is 4. The van der Waals surface area contributed by atoms with Crippen LogP contribution >= 0.6 is 11.6 Å². The molecule has 0 unspecified atom stereocenters. The third-order valence-corrected chi connectivity index (χ3v) is 11.6. The summed E-state index contributed by atoms with van der Waals surface area (Å²) in [7, 11) is -4.23. The minimum absolute atomic E-state index is 0.0337. The van der Waals surface area contributed by atoms with Crippen molar-refractivity contribution in [1.82, 2.24) is 4.72 Å². The predicted octanol–water partition coefficient (Wildman–Crippen LogP) is 4.96. The van der Waals surface area contributed by atoms with Gasteiger partial charge in [-0.1, -0.05) is 29.8 Å². The van der Waals surface area contributed by atoms with Crippen molar-refractivity contribution in [1.29, 1.82) is 0 Å². The van der Waals surface area contributed by atoms with E-state index in [9.17, 15) is 18.0 Å². The van der Waals surface area contributed by atoms with Crippen LogP contribution in [0, 0.1) is 11.8 Å². The van der Waals surface area contributed by atoms with E-state index in [1.807, 2.05) is 18.2 Å². The summed E-state index contributed by atoms with van der Waals surface area (Å²) in [5.41, 5.74) is 1.29. The van der Waals surface area contributed by atoms with Gasteiger partial charge in [0.15, 0.2) is 0 Å². The summed E-state index contributed by atoms with van der Waals surface area (Å²) in [6.45, 7) is 6.60. The van der Waals surface area contributed by atoms with Gasteiger partial charge in [-0.3, -0.25) is 4.79 Å². The van der Waals surface area contributed by atoms with Gasteiger partial charge in [0.05, 0.1) is 36.5 Å². The van der Waals surface area contributed by atoms with E-state index in [-0.39, 0.29) is 48.1 Å². The van der Waals surface area contributed by atoms with E-state index < -0.39 is 27.5 Å². The van der Waals surface area contributed by atoms with Crippen molar-refractivity contribution in [2.45, 2.75) is 74.9 Å². The maximum absolute atomic E-state index is 13.6. The molecule has 2 aliphatic carbocycles. The smallest absolute Gasteiger partial charge is 0.332 e. The van der Waals surface area contributed by atoms with Crippen LogP contribution in [0.2, 0.25) is 5.02 Å². The SMILES string of the molecule is CCOC(=O)CO[C@H]1C=CCOC(C)(C)C(=O)NS(=O)(=O)c2ccc3c(c2)N(C[C@@H]2CC[C@H]21)C[C@@]1(CCCc2cc(Cl)ccc21)CO3. The Morgan fingerprint density at radius 3 is 2.77 bits per heavy atom. The van der Waals surface area contributed by atoms with E-state index in [1.54, 1.807) is 25.1 Å². The summed E-state index contributed by atoms with van der Waals surface area (Å²) in [4.78, 5) is 27.7. The number of carbonyl (C=O) groups is 2. The first-order valence-electron chi connectivity index (χ1n) is 16.4. The fourth-order valence-corrected chi connectivity index (χ4v) is 8.62. The quantitative estimate of drug-likeness (QED) is 0.352. The Hall–Kier alpha value is -3.12. The summed E-state index contributed by atoms with van der Waals surface area (Å²) in [6.07, 6.45) is 7.93. The Morgan fingerprint density at radius 2 is 2.00 bits per heavy atom. The van der Waals surface area contributed by atoms with Crippen LogP contribution in [0.5, 0.6) is 5.75 Å². The largest absolute Gasteiger partial charge is 0.490 e. The molecule has 0 radical (unpaired) electrons. The van der Waals surface area contributed by atoms with Gasteiger partial charge in [0, 0.05) is 23.5 Å². The molecule has 10 nitrogen and oxygen atoms in total. The van der Waals surface area contributed by atoms with Gasteiger partial charge < -0.3 is 23.8 Å². The Bertz CT molecular complexity index is 1660. The minimum Gasteiger partial charge on any atom is -0.490 e. The molecule has 254 valence electrons. The average Bonchev–Trinajstić information content (AvgIpc) is 3.16. The number of halogens is 1. The highest BCUT2D eigenvalue weighted by Crippen LogP contribution is 2.47. The summed E-state index contributed by atoms with van der Waals surface area (Å²) in [5, 5.41) is 0.702. The van der Waals surface area contributed by atoms with Gasteiger partial charge >= 0.3 is 5.97 Å². The molecule has 1 saturated carbocycles. The Labute approximate surface area is 281 Å². The van der Waals surface area contributed by atoms with Crippen LogP contribution < -0.4 is 14.4 Å². The number of sulfonamides is 1. The van der Waals surface area contributed by atoms with Gasteiger partial charge in [-0.2, -0.15) is 0 Å². The number of esters is 1. The average molecular weight is 687 g/mol. The number of nitrogens with one attached hydrogen (secondary N) is 1. The lowest BCUT2D eigenvalue weighted by Crippen LogP contribution is -2.50. The molecule has 1 fully saturated rings. The van der Waals surface area contributed by atoms with E-state index in [1.165, 1.54) is 31.0 Å². The van der Waals surface area contributed by atoms with E-state index in [2.05, 4.69) is 15.7 Å². The van der Waals surface area contributed by atoms with E-state index in [0.717, 1.165) is 32.1 Å². The van der Waals surface area contributed by atoms with Crippen LogP contribution in [-0.4, -0.2) is 71.5 Å². The fraction of sp³-hybridized carbons (Fsp3) is 0.543. The molecule has 12 heteroatoms. The first-order chi connectivity index (χ1) is 22.4. The lowest BCUT2D eigenvalue weighted by molar-refractivity contribution is -0.151. The van der Waals surface area contributed by atoms with Crippen LogP contribution in [0.1, 0.15) is 57.6 Å². The number of anilines is 1. The Balaban J connectivity index is 1.41. The third kappa shape index (κ3) is 7.04. The molecule has 1 N–H and O–H groups in total. The second-order valence-corrected chi connectivity index (χ2v) is 15.6. The normalized spacial score (nSPS) is 28.1. The molecule has 2 heterocycles. The molecule has 6 rings (SSSR count). The van der Waals surface area contributed by atoms with Crippen LogP contribution in [0.3, 0.4) is 0 Å². The number of hydrogen-bond donors (Lipinski definition) is 1. The van der Waals surface area contributed by atoms with Gasteiger partial charge in [0.2, 0.25) is 0 Å². The van der Waals surface area contributed by atoms with Gasteiger partial charge in [0.25, 0.3) is 15.9 Å². The second kappa shape index (κ2) is 13.4. The number of ether oxygens (including phenoxy) is 4. The monoisotopic (exact) mass is 686 g/mol. The molecule has 2 aliphatic heterocycles. The summed E-state index contributed by atoms with van der Waals surface area (Å²) in [5.74, 6) is -0.343. The van der Waals surface area contributed by atoms with Crippen molar-refractivity contribution in [3.63, 3.8) is 0 Å². The number of aryl methyl sites for hydroxylation is 1. The molecule has 2 aromatic carbocycles. The zero-order chi connectivity index (χ0) is 33.4. The van der Waals surface area contributed by atoms with E-state index >= 15 is 0 Å². The number of amides is 1. The predicted molar refractivity (Wildman–Crippen MR) is 177 cm³/mol. The van der Waals surface area contributed by atoms with Gasteiger partial charge in [-0.25, -0.2) is 17.9 Å². The Morgan fingerprint density at radius 1 is 1.17 bits per heavy atom. The van der Waals surface area contributed by atoms with Gasteiger partial charge in [-0.15, -0.1) is 0 Å². The molecule has 1 amide bonds. The molecule has 2 bridgehead atoms. The maximum Gasteiger partial charge on any atom is 0.332 e. The highest BCUT2D eigenvalue weighted by molar-refractivity contribution is 7.90. The first-order valence-corrected chi connectivity index (χ1v) is 18.2. The molecule has 4 aliphatic rings. The van der Waals surface area contributed by atoms with E-state index in [4.69, 9.17) is 30.5 Å². The van der Waals surface area contributed by atoms with Crippen LogP contribution in [0.15, 0.2) is 53.4 Å². The standard InChI is InChI=1S/C35H43ClN2O8S/c1-4-43-32(39)20-44-30-8-6-16-46-34(2,3)33(40)37-47(41,42)26-11-14-31-29(18-26)38(19-24-9-12-27(24)30)21-35(22-45-31)15-5-7-23-17-25(36)10-13-28(23)35/h6,8,10-11,13-14,17-18,24,27,30H,4-5,7,9,12,15-16,19-22H2,1-3H3,(H,37,40)/t24-,27+,30-,35-/m0/s1. The third-order valence-electron chi connectivity index (χ3n) is 10.0. The molecule has 1 spiro atoms. The maximum atomic E-state index is 13.6. The van der Waals surface area contributed by atoms with E-state index in [0.29, 0.717) is 36.2 Å². The summed E-state index contributed by atoms with van der Waals surface area (Å²) in [6, 6.07) is 10.9. The number of hydrogen-bond acceptors (Lipinski definition) is 9. The van der Waals surface area contributed by atoms with Crippen molar-refractivity contribution in [3.8, 4) is 5.75 Å². The second-order valence-electron chi connectivity index (χ2n) is 13.5. The molecule has 0 aromatic heterocycles. The zero-order valence-corrected chi connectivity index (χ0v) is 28.7. The number of fused-ring (bicyclic) bond motifs is 4. The first kappa shape index (κ1) is 33.8. The summed E-state index contributed by atoms with van der Waals surface area (Å²) >= 11 is 6.41. The zero-order valence-electron chi connectivity index (χ0n) is 27.1. The number of benzene rings is 2. The van der Waals surface area contributed by atoms with Crippen molar-refractivity contribution >= 4 is 39.2 Å². The van der Waals surface area contributed by atoms with Crippen LogP contribution in [-0.2, 0) is 45.7 Å². The number of carbonyl (C=O) groups excluding carboxylic acids is 2. The Kier molecular flexibility index (Phi) is 9.64. The highest BCUT2D eigenvalue weighted by Gasteiger charge is 2.45. The molecular weight excluding hydrogens is 644 g/mol. The molecule has 2 aromatic rings. The lowest BCUT2D eigenvalue weighted by Gasteiger charge is -2.46.